The largest absolute Gasteiger partial charge is 0.380 e. The Hall–Kier alpha value is -0.930. The molecular weight excluding hydrogens is 272 g/mol. The number of halogens is 1. The lowest BCUT2D eigenvalue weighted by Gasteiger charge is -2.38. The van der Waals surface area contributed by atoms with E-state index in [1.54, 1.807) is 0 Å². The van der Waals surface area contributed by atoms with E-state index in [0.29, 0.717) is 6.04 Å². The topological polar surface area (TPSA) is 24.5 Å². The van der Waals surface area contributed by atoms with Crippen molar-refractivity contribution in [3.63, 3.8) is 0 Å². The van der Waals surface area contributed by atoms with Gasteiger partial charge in [0.15, 0.2) is 0 Å². The van der Waals surface area contributed by atoms with E-state index in [9.17, 15) is 0 Å². The highest BCUT2D eigenvalue weighted by Crippen LogP contribution is 2.35. The van der Waals surface area contributed by atoms with Crippen molar-refractivity contribution in [2.24, 2.45) is 0 Å². The molecule has 0 radical (unpaired) electrons. The molecule has 1 fully saturated rings. The van der Waals surface area contributed by atoms with Gasteiger partial charge in [-0.05, 0) is 38.3 Å². The molecule has 4 heteroatoms. The van der Waals surface area contributed by atoms with E-state index < -0.39 is 0 Å². The Kier molecular flexibility index (Phi) is 4.82. The Morgan fingerprint density at radius 3 is 2.85 bits per heavy atom. The van der Waals surface area contributed by atoms with Crippen LogP contribution in [0, 0.1) is 0 Å². The minimum Gasteiger partial charge on any atom is -0.380 e. The molecule has 0 aliphatic carbocycles. The van der Waals surface area contributed by atoms with Crippen molar-refractivity contribution in [1.29, 1.82) is 0 Å². The number of anilines is 2. The quantitative estimate of drug-likeness (QED) is 0.902. The maximum absolute atomic E-state index is 6.32. The van der Waals surface area contributed by atoms with Crippen molar-refractivity contribution < 1.29 is 4.74 Å². The van der Waals surface area contributed by atoms with Gasteiger partial charge in [-0.2, -0.15) is 0 Å². The molecule has 1 aliphatic rings. The van der Waals surface area contributed by atoms with Crippen LogP contribution in [0.15, 0.2) is 18.2 Å². The van der Waals surface area contributed by atoms with E-state index in [2.05, 4.69) is 30.1 Å². The van der Waals surface area contributed by atoms with Crippen LogP contribution in [0.1, 0.15) is 33.1 Å². The highest BCUT2D eigenvalue weighted by atomic mass is 35.5. The lowest BCUT2D eigenvalue weighted by atomic mass is 9.89. The first-order valence-corrected chi connectivity index (χ1v) is 7.69. The van der Waals surface area contributed by atoms with Crippen LogP contribution in [0.5, 0.6) is 0 Å². The minimum atomic E-state index is -0.00717. The lowest BCUT2D eigenvalue weighted by molar-refractivity contribution is -0.0708. The number of nitrogens with zero attached hydrogens (tertiary/aromatic N) is 1. The second-order valence-electron chi connectivity index (χ2n) is 6.02. The molecule has 0 spiro atoms. The van der Waals surface area contributed by atoms with Gasteiger partial charge in [-0.25, -0.2) is 0 Å². The van der Waals surface area contributed by atoms with Gasteiger partial charge in [0.1, 0.15) is 0 Å². The van der Waals surface area contributed by atoms with Gasteiger partial charge in [-0.15, -0.1) is 0 Å². The molecule has 2 atom stereocenters. The van der Waals surface area contributed by atoms with Crippen molar-refractivity contribution in [3.8, 4) is 0 Å². The smallest absolute Gasteiger partial charge is 0.0786 e. The van der Waals surface area contributed by atoms with Crippen molar-refractivity contribution in [3.05, 3.63) is 23.2 Å². The molecule has 1 N–H and O–H groups in total. The van der Waals surface area contributed by atoms with Crippen molar-refractivity contribution >= 4 is 23.0 Å². The standard InChI is InChI=1S/C16H25ClN2O/c1-5-16(2)11-12(9-10-20-16)18-14-8-6-7-13(17)15(14)19(3)4/h6-8,12,18H,5,9-11H2,1-4H3. The van der Waals surface area contributed by atoms with Gasteiger partial charge in [0.25, 0.3) is 0 Å². The molecule has 1 heterocycles. The monoisotopic (exact) mass is 296 g/mol. The molecule has 20 heavy (non-hydrogen) atoms. The van der Waals surface area contributed by atoms with Crippen molar-refractivity contribution in [2.75, 3.05) is 30.9 Å². The SMILES string of the molecule is CCC1(C)CC(Nc2cccc(Cl)c2N(C)C)CCO1. The van der Waals surface area contributed by atoms with Crippen LogP contribution in [-0.4, -0.2) is 32.3 Å². The van der Waals surface area contributed by atoms with Gasteiger partial charge in [-0.1, -0.05) is 24.6 Å². The molecule has 1 saturated heterocycles. The maximum Gasteiger partial charge on any atom is 0.0786 e. The predicted molar refractivity (Wildman–Crippen MR) is 87.1 cm³/mol. The Labute approximate surface area is 127 Å². The first-order chi connectivity index (χ1) is 9.45. The fraction of sp³-hybridized carbons (Fsp3) is 0.625. The average molecular weight is 297 g/mol. The van der Waals surface area contributed by atoms with Crippen LogP contribution >= 0.6 is 11.6 Å². The van der Waals surface area contributed by atoms with E-state index in [1.807, 2.05) is 26.2 Å². The number of hydrogen-bond acceptors (Lipinski definition) is 3. The number of ether oxygens (including phenoxy) is 1. The molecule has 2 unspecified atom stereocenters. The van der Waals surface area contributed by atoms with E-state index in [4.69, 9.17) is 16.3 Å². The van der Waals surface area contributed by atoms with Crippen LogP contribution < -0.4 is 10.2 Å². The number of hydrogen-bond donors (Lipinski definition) is 1. The molecule has 0 aromatic heterocycles. The van der Waals surface area contributed by atoms with Crippen LogP contribution in [0.3, 0.4) is 0 Å². The Balaban J connectivity index is 2.16. The Bertz CT molecular complexity index is 464. The molecule has 1 aromatic rings. The Morgan fingerprint density at radius 2 is 2.20 bits per heavy atom. The highest BCUT2D eigenvalue weighted by Gasteiger charge is 2.31. The summed E-state index contributed by atoms with van der Waals surface area (Å²) in [5, 5.41) is 4.44. The van der Waals surface area contributed by atoms with Gasteiger partial charge >= 0.3 is 0 Å². The summed E-state index contributed by atoms with van der Waals surface area (Å²) < 4.78 is 5.91. The second kappa shape index (κ2) is 6.23. The van der Waals surface area contributed by atoms with Gasteiger partial charge in [0.2, 0.25) is 0 Å². The molecule has 1 aliphatic heterocycles. The molecular formula is C16H25ClN2O. The van der Waals surface area contributed by atoms with Crippen LogP contribution in [-0.2, 0) is 4.74 Å². The number of nitrogens with one attached hydrogen (secondary N) is 1. The number of rotatable bonds is 4. The van der Waals surface area contributed by atoms with Crippen molar-refractivity contribution in [2.45, 2.75) is 44.8 Å². The van der Waals surface area contributed by atoms with E-state index in [0.717, 1.165) is 42.3 Å². The third-order valence-electron chi connectivity index (χ3n) is 4.14. The zero-order valence-electron chi connectivity index (χ0n) is 12.9. The molecule has 2 rings (SSSR count). The highest BCUT2D eigenvalue weighted by molar-refractivity contribution is 6.34. The molecule has 0 amide bonds. The number of para-hydroxylation sites is 1. The lowest BCUT2D eigenvalue weighted by Crippen LogP contribution is -2.42. The predicted octanol–water partition coefficient (Wildman–Crippen LogP) is 4.17. The molecule has 112 valence electrons. The van der Waals surface area contributed by atoms with Crippen LogP contribution in [0.25, 0.3) is 0 Å². The van der Waals surface area contributed by atoms with E-state index in [-0.39, 0.29) is 5.60 Å². The van der Waals surface area contributed by atoms with E-state index in [1.165, 1.54) is 0 Å². The third kappa shape index (κ3) is 3.39. The van der Waals surface area contributed by atoms with E-state index >= 15 is 0 Å². The summed E-state index contributed by atoms with van der Waals surface area (Å²) in [7, 11) is 4.04. The summed E-state index contributed by atoms with van der Waals surface area (Å²) in [5.41, 5.74) is 2.15. The minimum absolute atomic E-state index is 0.00717. The second-order valence-corrected chi connectivity index (χ2v) is 6.42. The van der Waals surface area contributed by atoms with Gasteiger partial charge < -0.3 is 15.0 Å². The normalized spacial score (nSPS) is 26.4. The maximum atomic E-state index is 6.32. The summed E-state index contributed by atoms with van der Waals surface area (Å²) in [6.45, 7) is 5.21. The fourth-order valence-electron chi connectivity index (χ4n) is 2.81. The summed E-state index contributed by atoms with van der Waals surface area (Å²) in [6, 6.07) is 6.46. The fourth-order valence-corrected chi connectivity index (χ4v) is 3.15. The zero-order valence-corrected chi connectivity index (χ0v) is 13.6. The average Bonchev–Trinajstić information content (AvgIpc) is 2.38. The molecule has 0 saturated carbocycles. The first kappa shape index (κ1) is 15.5. The van der Waals surface area contributed by atoms with Crippen molar-refractivity contribution in [1.82, 2.24) is 0 Å². The third-order valence-corrected chi connectivity index (χ3v) is 4.44. The summed E-state index contributed by atoms with van der Waals surface area (Å²) >= 11 is 6.32. The summed E-state index contributed by atoms with van der Waals surface area (Å²) in [6.07, 6.45) is 3.11. The molecule has 3 nitrogen and oxygen atoms in total. The van der Waals surface area contributed by atoms with Gasteiger partial charge in [0.05, 0.1) is 22.0 Å². The molecule has 1 aromatic carbocycles. The van der Waals surface area contributed by atoms with Gasteiger partial charge in [-0.3, -0.25) is 0 Å². The zero-order chi connectivity index (χ0) is 14.8. The summed E-state index contributed by atoms with van der Waals surface area (Å²) in [4.78, 5) is 2.06. The van der Waals surface area contributed by atoms with Crippen LogP contribution in [0.2, 0.25) is 5.02 Å². The summed E-state index contributed by atoms with van der Waals surface area (Å²) in [5.74, 6) is 0. The van der Waals surface area contributed by atoms with Gasteiger partial charge in [0, 0.05) is 26.7 Å². The first-order valence-electron chi connectivity index (χ1n) is 7.31. The Morgan fingerprint density at radius 1 is 1.45 bits per heavy atom. The molecule has 0 bridgehead atoms. The van der Waals surface area contributed by atoms with Crippen LogP contribution in [0.4, 0.5) is 11.4 Å². The number of benzene rings is 1.